The van der Waals surface area contributed by atoms with E-state index < -0.39 is 0 Å². The predicted octanol–water partition coefficient (Wildman–Crippen LogP) is 6.89. The van der Waals surface area contributed by atoms with Gasteiger partial charge in [-0.3, -0.25) is 9.36 Å². The molecule has 3 heterocycles. The van der Waals surface area contributed by atoms with E-state index >= 15 is 0 Å². The number of aromatic nitrogens is 1. The van der Waals surface area contributed by atoms with Crippen molar-refractivity contribution < 1.29 is 9.15 Å². The van der Waals surface area contributed by atoms with Crippen LogP contribution >= 0.6 is 34.5 Å². The Labute approximate surface area is 243 Å². The lowest BCUT2D eigenvalue weighted by Crippen LogP contribution is -2.38. The molecule has 1 aliphatic carbocycles. The summed E-state index contributed by atoms with van der Waals surface area (Å²) in [6.45, 7) is 0. The molecular weight excluding hydrogens is 563 g/mol. The number of hydrogen-bond acceptors (Lipinski definition) is 5. The van der Waals surface area contributed by atoms with Gasteiger partial charge in [0.2, 0.25) is 0 Å². The van der Waals surface area contributed by atoms with Crippen LogP contribution in [0.15, 0.2) is 98.6 Å². The van der Waals surface area contributed by atoms with Gasteiger partial charge in [-0.2, -0.15) is 0 Å². The molecule has 0 N–H and O–H groups in total. The summed E-state index contributed by atoms with van der Waals surface area (Å²) < 4.78 is 14.2. The van der Waals surface area contributed by atoms with Crippen LogP contribution in [0.1, 0.15) is 34.9 Å². The lowest BCUT2D eigenvalue weighted by Gasteiger charge is -2.31. The van der Waals surface area contributed by atoms with Crippen LogP contribution in [0.25, 0.3) is 23.1 Å². The second kappa shape index (κ2) is 9.97. The van der Waals surface area contributed by atoms with Gasteiger partial charge < -0.3 is 9.15 Å². The van der Waals surface area contributed by atoms with Crippen molar-refractivity contribution in [3.8, 4) is 17.1 Å². The van der Waals surface area contributed by atoms with Crippen molar-refractivity contribution in [2.75, 3.05) is 7.11 Å². The molecule has 0 unspecified atom stereocenters. The number of aryl methyl sites for hydroxylation is 1. The van der Waals surface area contributed by atoms with Gasteiger partial charge in [0, 0.05) is 27.8 Å². The van der Waals surface area contributed by atoms with Gasteiger partial charge >= 0.3 is 0 Å². The maximum Gasteiger partial charge on any atom is 0.271 e. The molecular formula is C32H22Cl2N2O3S. The van der Waals surface area contributed by atoms with Crippen LogP contribution in [0.2, 0.25) is 10.0 Å². The quantitative estimate of drug-likeness (QED) is 0.231. The van der Waals surface area contributed by atoms with Gasteiger partial charge in [0.15, 0.2) is 4.80 Å². The number of furan rings is 1. The minimum atomic E-state index is -0.321. The molecule has 0 fully saturated rings. The molecule has 0 saturated carbocycles. The molecule has 0 saturated heterocycles. The van der Waals surface area contributed by atoms with E-state index in [2.05, 4.69) is 18.2 Å². The number of hydrogen-bond donors (Lipinski definition) is 0. The zero-order valence-electron chi connectivity index (χ0n) is 21.4. The molecule has 198 valence electrons. The van der Waals surface area contributed by atoms with E-state index in [0.29, 0.717) is 30.9 Å². The van der Waals surface area contributed by atoms with E-state index in [1.165, 1.54) is 16.9 Å². The van der Waals surface area contributed by atoms with Gasteiger partial charge in [0.1, 0.15) is 17.3 Å². The fourth-order valence-corrected chi connectivity index (χ4v) is 7.07. The molecule has 2 aliphatic rings. The van der Waals surface area contributed by atoms with E-state index in [1.807, 2.05) is 48.5 Å². The zero-order chi connectivity index (χ0) is 27.4. The minimum absolute atomic E-state index is 0.118. The number of fused-ring (bicyclic) bond motifs is 3. The highest BCUT2D eigenvalue weighted by atomic mass is 35.5. The third-order valence-corrected chi connectivity index (χ3v) is 8.93. The Morgan fingerprint density at radius 2 is 1.82 bits per heavy atom. The number of allylic oxidation sites excluding steroid dienone is 1. The second-order valence-corrected chi connectivity index (χ2v) is 11.5. The van der Waals surface area contributed by atoms with Crippen LogP contribution in [0, 0.1) is 0 Å². The van der Waals surface area contributed by atoms with Crippen LogP contribution in [0.5, 0.6) is 5.75 Å². The molecule has 0 bridgehead atoms. The highest BCUT2D eigenvalue weighted by Gasteiger charge is 2.34. The van der Waals surface area contributed by atoms with Gasteiger partial charge in [-0.25, -0.2) is 4.99 Å². The van der Waals surface area contributed by atoms with E-state index in [4.69, 9.17) is 37.3 Å². The highest BCUT2D eigenvalue weighted by molar-refractivity contribution is 7.07. The summed E-state index contributed by atoms with van der Waals surface area (Å²) in [6, 6.07) is 24.9. The molecule has 1 aliphatic heterocycles. The first-order valence-electron chi connectivity index (χ1n) is 12.8. The van der Waals surface area contributed by atoms with E-state index in [9.17, 15) is 4.79 Å². The minimum Gasteiger partial charge on any atom is -0.496 e. The smallest absolute Gasteiger partial charge is 0.271 e. The monoisotopic (exact) mass is 584 g/mol. The number of ether oxygens (including phenoxy) is 1. The van der Waals surface area contributed by atoms with Crippen LogP contribution in [-0.2, 0) is 6.42 Å². The number of methoxy groups -OCH3 is 1. The molecule has 0 amide bonds. The molecule has 3 aromatic carbocycles. The molecule has 2 aromatic heterocycles. The number of benzene rings is 3. The molecule has 0 radical (unpaired) electrons. The average molecular weight is 586 g/mol. The number of thiazole rings is 1. The van der Waals surface area contributed by atoms with E-state index in [0.717, 1.165) is 46.6 Å². The summed E-state index contributed by atoms with van der Waals surface area (Å²) >= 11 is 13.8. The Morgan fingerprint density at radius 3 is 2.67 bits per heavy atom. The summed E-state index contributed by atoms with van der Waals surface area (Å²) in [6.07, 6.45) is 3.47. The van der Waals surface area contributed by atoms with E-state index in [1.54, 1.807) is 29.9 Å². The lowest BCUT2D eigenvalue weighted by atomic mass is 9.83. The lowest BCUT2D eigenvalue weighted by molar-refractivity contribution is 0.402. The van der Waals surface area contributed by atoms with E-state index in [-0.39, 0.29) is 11.6 Å². The SMILES string of the molecule is COc1ccccc1[C@@H]1C2=C(N=c3s/c(=C/c4ccc(-c5ccc(Cl)cc5Cl)o4)c(=O)n31)c1ccccc1CC2. The van der Waals surface area contributed by atoms with Crippen molar-refractivity contribution in [1.29, 1.82) is 0 Å². The number of rotatable bonds is 4. The van der Waals surface area contributed by atoms with Crippen LogP contribution < -0.4 is 19.6 Å². The van der Waals surface area contributed by atoms with Crippen molar-refractivity contribution in [1.82, 2.24) is 4.57 Å². The van der Waals surface area contributed by atoms with Crippen LogP contribution in [0.3, 0.4) is 0 Å². The average Bonchev–Trinajstić information content (AvgIpc) is 3.56. The third-order valence-electron chi connectivity index (χ3n) is 7.40. The van der Waals surface area contributed by atoms with Gasteiger partial charge in [-0.1, -0.05) is 77.0 Å². The highest BCUT2D eigenvalue weighted by Crippen LogP contribution is 2.43. The van der Waals surface area contributed by atoms with Gasteiger partial charge in [-0.15, -0.1) is 0 Å². The van der Waals surface area contributed by atoms with Crippen molar-refractivity contribution in [3.63, 3.8) is 0 Å². The van der Waals surface area contributed by atoms with Gasteiger partial charge in [0.25, 0.3) is 5.56 Å². The summed E-state index contributed by atoms with van der Waals surface area (Å²) in [7, 11) is 1.66. The Morgan fingerprint density at radius 1 is 1.00 bits per heavy atom. The van der Waals surface area contributed by atoms with Crippen molar-refractivity contribution in [2.24, 2.45) is 4.99 Å². The summed E-state index contributed by atoms with van der Waals surface area (Å²) in [5, 5.41) is 1.05. The Kier molecular flexibility index (Phi) is 6.27. The summed E-state index contributed by atoms with van der Waals surface area (Å²) in [5.74, 6) is 1.89. The van der Waals surface area contributed by atoms with Crippen LogP contribution in [0.4, 0.5) is 0 Å². The first kappa shape index (κ1) is 25.1. The van der Waals surface area contributed by atoms with Gasteiger partial charge in [0.05, 0.1) is 28.4 Å². The summed E-state index contributed by atoms with van der Waals surface area (Å²) in [4.78, 5) is 19.8. The fourth-order valence-electron chi connectivity index (χ4n) is 5.58. The standard InChI is InChI=1S/C32H22Cl2N2O3S/c1-38-26-9-5-4-8-23(26)30-24-13-10-18-6-2-3-7-21(18)29(24)35-32-36(30)31(37)28(40-32)17-20-12-15-27(39-20)22-14-11-19(33)16-25(22)34/h2-9,11-12,14-17,30H,10,13H2,1H3/b28-17+/t30-/m1/s1. The predicted molar refractivity (Wildman–Crippen MR) is 160 cm³/mol. The first-order valence-corrected chi connectivity index (χ1v) is 14.4. The maximum atomic E-state index is 14.0. The number of halogens is 2. The summed E-state index contributed by atoms with van der Waals surface area (Å²) in [5.41, 5.74) is 6.02. The van der Waals surface area contributed by atoms with Crippen molar-refractivity contribution in [2.45, 2.75) is 18.9 Å². The Bertz CT molecular complexity index is 2020. The molecule has 40 heavy (non-hydrogen) atoms. The molecule has 7 rings (SSSR count). The second-order valence-electron chi connectivity index (χ2n) is 9.68. The fraction of sp³-hybridized carbons (Fsp3) is 0.125. The first-order chi connectivity index (χ1) is 19.5. The normalized spacial score (nSPS) is 16.3. The largest absolute Gasteiger partial charge is 0.496 e. The Balaban J connectivity index is 1.41. The molecule has 1 atom stereocenters. The zero-order valence-corrected chi connectivity index (χ0v) is 23.7. The molecule has 8 heteroatoms. The van der Waals surface area contributed by atoms with Crippen LogP contribution in [-0.4, -0.2) is 11.7 Å². The Hall–Kier alpha value is -3.84. The molecule has 5 nitrogen and oxygen atoms in total. The topological polar surface area (TPSA) is 56.7 Å². The number of para-hydroxylation sites is 1. The molecule has 0 spiro atoms. The molecule has 5 aromatic rings. The number of nitrogens with zero attached hydrogens (tertiary/aromatic N) is 2. The maximum absolute atomic E-state index is 14.0. The van der Waals surface area contributed by atoms with Gasteiger partial charge in [-0.05, 0) is 60.4 Å². The van der Waals surface area contributed by atoms with Crippen molar-refractivity contribution in [3.05, 3.63) is 137 Å². The third kappa shape index (κ3) is 4.15. The van der Waals surface area contributed by atoms with Crippen molar-refractivity contribution >= 4 is 46.3 Å².